The van der Waals surface area contributed by atoms with Gasteiger partial charge in [0.05, 0.1) is 6.10 Å². The van der Waals surface area contributed by atoms with E-state index < -0.39 is 0 Å². The number of hydrogen-bond acceptors (Lipinski definition) is 3. The van der Waals surface area contributed by atoms with Crippen LogP contribution in [0.3, 0.4) is 0 Å². The molecular weight excluding hydrogens is 242 g/mol. The predicted molar refractivity (Wildman–Crippen MR) is 77.4 cm³/mol. The van der Waals surface area contributed by atoms with Gasteiger partial charge in [0.25, 0.3) is 0 Å². The van der Waals surface area contributed by atoms with Crippen molar-refractivity contribution in [3.63, 3.8) is 0 Å². The van der Waals surface area contributed by atoms with Gasteiger partial charge in [0.1, 0.15) is 0 Å². The van der Waals surface area contributed by atoms with Gasteiger partial charge >= 0.3 is 6.03 Å². The summed E-state index contributed by atoms with van der Waals surface area (Å²) in [5.74, 6) is 0. The number of benzene rings is 1. The molecule has 19 heavy (non-hydrogen) atoms. The van der Waals surface area contributed by atoms with Gasteiger partial charge < -0.3 is 20.7 Å². The summed E-state index contributed by atoms with van der Waals surface area (Å²) < 4.78 is 5.06. The lowest BCUT2D eigenvalue weighted by Crippen LogP contribution is -2.34. The summed E-state index contributed by atoms with van der Waals surface area (Å²) in [4.78, 5) is 11.6. The van der Waals surface area contributed by atoms with Crippen molar-refractivity contribution in [3.05, 3.63) is 29.8 Å². The van der Waals surface area contributed by atoms with Crippen LogP contribution < -0.4 is 16.0 Å². The smallest absolute Gasteiger partial charge is 0.319 e. The number of hydrogen-bond donors (Lipinski definition) is 3. The van der Waals surface area contributed by atoms with Gasteiger partial charge in [-0.3, -0.25) is 0 Å². The first kappa shape index (κ1) is 15.5. The molecule has 2 atom stereocenters. The first-order valence-electron chi connectivity index (χ1n) is 6.41. The van der Waals surface area contributed by atoms with Gasteiger partial charge in [-0.15, -0.1) is 0 Å². The number of anilines is 1. The van der Waals surface area contributed by atoms with E-state index in [-0.39, 0.29) is 12.1 Å². The molecule has 0 spiro atoms. The van der Waals surface area contributed by atoms with Crippen LogP contribution in [-0.4, -0.2) is 32.8 Å². The Hall–Kier alpha value is -1.59. The van der Waals surface area contributed by atoms with E-state index in [4.69, 9.17) is 4.74 Å². The van der Waals surface area contributed by atoms with Gasteiger partial charge in [0.15, 0.2) is 0 Å². The van der Waals surface area contributed by atoms with Crippen molar-refractivity contribution in [2.75, 3.05) is 26.0 Å². The number of methoxy groups -OCH3 is 1. The molecule has 0 fully saturated rings. The van der Waals surface area contributed by atoms with E-state index in [1.165, 1.54) is 5.56 Å². The summed E-state index contributed by atoms with van der Waals surface area (Å²) in [6.45, 7) is 4.46. The van der Waals surface area contributed by atoms with Crippen LogP contribution in [-0.2, 0) is 4.74 Å². The van der Waals surface area contributed by atoms with Crippen molar-refractivity contribution in [2.24, 2.45) is 0 Å². The Morgan fingerprint density at radius 1 is 1.26 bits per heavy atom. The lowest BCUT2D eigenvalue weighted by atomic mass is 10.1. The largest absolute Gasteiger partial charge is 0.380 e. The summed E-state index contributed by atoms with van der Waals surface area (Å²) in [6.07, 6.45) is 0.00426. The van der Waals surface area contributed by atoms with E-state index in [2.05, 4.69) is 22.9 Å². The molecule has 1 aromatic rings. The summed E-state index contributed by atoms with van der Waals surface area (Å²) >= 11 is 0. The Morgan fingerprint density at radius 2 is 1.89 bits per heavy atom. The molecular formula is C14H23N3O2. The van der Waals surface area contributed by atoms with Crippen LogP contribution in [0.4, 0.5) is 10.5 Å². The second-order valence-electron chi connectivity index (χ2n) is 4.51. The molecule has 0 bridgehead atoms. The van der Waals surface area contributed by atoms with E-state index in [9.17, 15) is 4.79 Å². The van der Waals surface area contributed by atoms with Crippen LogP contribution in [0.1, 0.15) is 25.5 Å². The third-order valence-corrected chi connectivity index (χ3v) is 3.05. The van der Waals surface area contributed by atoms with E-state index in [0.29, 0.717) is 12.6 Å². The zero-order valence-corrected chi connectivity index (χ0v) is 12.0. The number of ether oxygens (including phenoxy) is 1. The van der Waals surface area contributed by atoms with Crippen LogP contribution in [0.15, 0.2) is 24.3 Å². The van der Waals surface area contributed by atoms with Crippen LogP contribution in [0.2, 0.25) is 0 Å². The van der Waals surface area contributed by atoms with Crippen molar-refractivity contribution < 1.29 is 9.53 Å². The van der Waals surface area contributed by atoms with Crippen LogP contribution in [0, 0.1) is 0 Å². The van der Waals surface area contributed by atoms with E-state index in [0.717, 1.165) is 5.69 Å². The highest BCUT2D eigenvalue weighted by Gasteiger charge is 2.05. The van der Waals surface area contributed by atoms with Gasteiger partial charge in [-0.25, -0.2) is 4.79 Å². The molecule has 0 aliphatic carbocycles. The fourth-order valence-corrected chi connectivity index (χ4v) is 1.52. The molecule has 1 aromatic carbocycles. The van der Waals surface area contributed by atoms with Crippen molar-refractivity contribution in [2.45, 2.75) is 26.0 Å². The zero-order chi connectivity index (χ0) is 14.3. The van der Waals surface area contributed by atoms with Crippen molar-refractivity contribution in [3.8, 4) is 0 Å². The third-order valence-electron chi connectivity index (χ3n) is 3.05. The number of urea groups is 1. The predicted octanol–water partition coefficient (Wildman–Crippen LogP) is 2.12. The van der Waals surface area contributed by atoms with Gasteiger partial charge in [-0.1, -0.05) is 12.1 Å². The molecule has 2 unspecified atom stereocenters. The molecule has 5 heteroatoms. The average molecular weight is 265 g/mol. The number of carbonyl (C=O) groups excluding carboxylic acids is 1. The van der Waals surface area contributed by atoms with Crippen LogP contribution in [0.5, 0.6) is 0 Å². The fourth-order valence-electron chi connectivity index (χ4n) is 1.52. The molecule has 0 aromatic heterocycles. The van der Waals surface area contributed by atoms with E-state index >= 15 is 0 Å². The maximum Gasteiger partial charge on any atom is 0.319 e. The van der Waals surface area contributed by atoms with Gasteiger partial charge in [-0.05, 0) is 38.6 Å². The topological polar surface area (TPSA) is 62.4 Å². The summed E-state index contributed by atoms with van der Waals surface area (Å²) in [5.41, 5.74) is 1.95. The standard InChI is InChI=1S/C14H23N3O2/c1-10(19-4)9-16-14(18)17-13-7-5-12(6-8-13)11(2)15-3/h5-8,10-11,15H,9H2,1-4H3,(H2,16,17,18). The second kappa shape index (κ2) is 7.76. The minimum absolute atomic E-state index is 0.00426. The van der Waals surface area contributed by atoms with Crippen LogP contribution in [0.25, 0.3) is 0 Å². The molecule has 0 saturated heterocycles. The highest BCUT2D eigenvalue weighted by Crippen LogP contribution is 2.15. The summed E-state index contributed by atoms with van der Waals surface area (Å²) in [6, 6.07) is 7.84. The van der Waals surface area contributed by atoms with Crippen molar-refractivity contribution in [1.29, 1.82) is 0 Å². The Bertz CT molecular complexity index is 392. The molecule has 0 heterocycles. The maximum atomic E-state index is 11.6. The Labute approximate surface area is 114 Å². The molecule has 5 nitrogen and oxygen atoms in total. The minimum Gasteiger partial charge on any atom is -0.380 e. The summed E-state index contributed by atoms with van der Waals surface area (Å²) in [5, 5.41) is 8.69. The Morgan fingerprint density at radius 3 is 2.42 bits per heavy atom. The second-order valence-corrected chi connectivity index (χ2v) is 4.51. The zero-order valence-electron chi connectivity index (χ0n) is 12.0. The molecule has 0 aliphatic rings. The molecule has 0 aliphatic heterocycles. The molecule has 106 valence electrons. The van der Waals surface area contributed by atoms with Gasteiger partial charge in [0, 0.05) is 25.4 Å². The monoisotopic (exact) mass is 265 g/mol. The van der Waals surface area contributed by atoms with Crippen molar-refractivity contribution >= 4 is 11.7 Å². The number of rotatable bonds is 6. The van der Waals surface area contributed by atoms with Crippen LogP contribution >= 0.6 is 0 Å². The highest BCUT2D eigenvalue weighted by molar-refractivity contribution is 5.89. The molecule has 1 rings (SSSR count). The lowest BCUT2D eigenvalue weighted by molar-refractivity contribution is 0.119. The normalized spacial score (nSPS) is 13.7. The molecule has 0 radical (unpaired) electrons. The third kappa shape index (κ3) is 5.28. The molecule has 3 N–H and O–H groups in total. The van der Waals surface area contributed by atoms with E-state index in [1.54, 1.807) is 7.11 Å². The number of nitrogens with one attached hydrogen (secondary N) is 3. The molecule has 0 saturated carbocycles. The Balaban J connectivity index is 2.46. The quantitative estimate of drug-likeness (QED) is 0.738. The highest BCUT2D eigenvalue weighted by atomic mass is 16.5. The first-order chi connectivity index (χ1) is 9.06. The van der Waals surface area contributed by atoms with Gasteiger partial charge in [0.2, 0.25) is 0 Å². The fraction of sp³-hybridized carbons (Fsp3) is 0.500. The maximum absolute atomic E-state index is 11.6. The minimum atomic E-state index is -0.224. The summed E-state index contributed by atoms with van der Waals surface area (Å²) in [7, 11) is 3.53. The number of carbonyl (C=O) groups is 1. The SMILES string of the molecule is CNC(C)c1ccc(NC(=O)NCC(C)OC)cc1. The lowest BCUT2D eigenvalue weighted by Gasteiger charge is -2.13. The van der Waals surface area contributed by atoms with Gasteiger partial charge in [-0.2, -0.15) is 0 Å². The van der Waals surface area contributed by atoms with Crippen molar-refractivity contribution in [1.82, 2.24) is 10.6 Å². The molecule has 2 amide bonds. The Kier molecular flexibility index (Phi) is 6.32. The first-order valence-corrected chi connectivity index (χ1v) is 6.41. The average Bonchev–Trinajstić information content (AvgIpc) is 2.44. The number of amides is 2. The van der Waals surface area contributed by atoms with E-state index in [1.807, 2.05) is 38.2 Å².